The summed E-state index contributed by atoms with van der Waals surface area (Å²) < 4.78 is 4.01. The summed E-state index contributed by atoms with van der Waals surface area (Å²) in [4.78, 5) is 19.6. The molecule has 3 aromatic rings. The van der Waals surface area contributed by atoms with Gasteiger partial charge in [-0.3, -0.25) is 14.5 Å². The van der Waals surface area contributed by atoms with Gasteiger partial charge in [0.05, 0.1) is 17.5 Å². The van der Waals surface area contributed by atoms with Crippen molar-refractivity contribution in [3.8, 4) is 0 Å². The molecule has 0 fully saturated rings. The topological polar surface area (TPSA) is 56.0 Å². The Kier molecular flexibility index (Phi) is 3.87. The molecule has 128 valence electrons. The van der Waals surface area contributed by atoms with Crippen molar-refractivity contribution < 1.29 is 4.79 Å². The van der Waals surface area contributed by atoms with Crippen LogP contribution in [0.4, 0.5) is 0 Å². The molecule has 0 N–H and O–H groups in total. The van der Waals surface area contributed by atoms with Gasteiger partial charge in [-0.25, -0.2) is 0 Å². The van der Waals surface area contributed by atoms with E-state index in [-0.39, 0.29) is 18.0 Å². The minimum atomic E-state index is -0.181. The molecule has 6 heteroatoms. The lowest BCUT2D eigenvalue weighted by Crippen LogP contribution is -2.42. The first-order valence-corrected chi connectivity index (χ1v) is 8.56. The molecule has 1 aliphatic heterocycles. The Morgan fingerprint density at radius 1 is 1.20 bits per heavy atom. The van der Waals surface area contributed by atoms with Crippen molar-refractivity contribution in [2.24, 2.45) is 0 Å². The highest BCUT2D eigenvalue weighted by Crippen LogP contribution is 2.32. The van der Waals surface area contributed by atoms with Gasteiger partial charge in [0.15, 0.2) is 0 Å². The molecule has 0 bridgehead atoms. The molecular weight excluding hydrogens is 314 g/mol. The van der Waals surface area contributed by atoms with Crippen molar-refractivity contribution in [2.45, 2.75) is 32.5 Å². The maximum absolute atomic E-state index is 13.2. The fraction of sp³-hybridized carbons (Fsp3) is 0.316. The zero-order chi connectivity index (χ0) is 17.4. The lowest BCUT2D eigenvalue weighted by molar-refractivity contribution is 0.0660. The normalized spacial score (nSPS) is 16.9. The van der Waals surface area contributed by atoms with E-state index in [1.165, 1.54) is 0 Å². The monoisotopic (exact) mass is 335 g/mol. The molecular formula is C19H21N5O. The first-order valence-electron chi connectivity index (χ1n) is 8.56. The Bertz CT molecular complexity index is 880. The number of hydrogen-bond donors (Lipinski definition) is 0. The summed E-state index contributed by atoms with van der Waals surface area (Å²) in [6.45, 7) is 5.53. The minimum Gasteiger partial charge on any atom is -0.347 e. The van der Waals surface area contributed by atoms with Gasteiger partial charge < -0.3 is 9.47 Å². The third-order valence-corrected chi connectivity index (χ3v) is 4.64. The van der Waals surface area contributed by atoms with E-state index in [1.807, 2.05) is 53.9 Å². The average Bonchev–Trinajstić information content (AvgIpc) is 3.30. The number of amides is 1. The van der Waals surface area contributed by atoms with Gasteiger partial charge in [-0.05, 0) is 38.1 Å². The molecule has 3 aromatic heterocycles. The van der Waals surface area contributed by atoms with E-state index in [1.54, 1.807) is 12.4 Å². The van der Waals surface area contributed by atoms with Crippen molar-refractivity contribution in [1.29, 1.82) is 0 Å². The molecule has 4 rings (SSSR count). The molecule has 0 aliphatic carbocycles. The summed E-state index contributed by atoms with van der Waals surface area (Å²) in [5.41, 5.74) is 2.59. The summed E-state index contributed by atoms with van der Waals surface area (Å²) in [6.07, 6.45) is 7.32. The van der Waals surface area contributed by atoms with E-state index in [0.717, 1.165) is 17.9 Å². The van der Waals surface area contributed by atoms with Crippen LogP contribution in [0.25, 0.3) is 0 Å². The number of hydrogen-bond acceptors (Lipinski definition) is 3. The standard InChI is InChI=1S/C19H21N5O/c1-14(2)24-13-15(12-21-24)19(25)23-11-10-22-9-5-7-17(22)18(23)16-6-3-4-8-20-16/h3-9,12-14,18H,10-11H2,1-2H3/t18-/m0/s1. The van der Waals surface area contributed by atoms with Gasteiger partial charge in [0.1, 0.15) is 6.04 Å². The fourth-order valence-electron chi connectivity index (χ4n) is 3.35. The van der Waals surface area contributed by atoms with E-state index in [4.69, 9.17) is 0 Å². The van der Waals surface area contributed by atoms with Gasteiger partial charge in [-0.2, -0.15) is 5.10 Å². The van der Waals surface area contributed by atoms with Gasteiger partial charge in [-0.15, -0.1) is 0 Å². The van der Waals surface area contributed by atoms with Crippen molar-refractivity contribution in [2.75, 3.05) is 6.54 Å². The third-order valence-electron chi connectivity index (χ3n) is 4.64. The lowest BCUT2D eigenvalue weighted by atomic mass is 10.0. The number of fused-ring (bicyclic) bond motifs is 1. The van der Waals surface area contributed by atoms with Crippen molar-refractivity contribution in [3.63, 3.8) is 0 Å². The van der Waals surface area contributed by atoms with Gasteiger partial charge in [-0.1, -0.05) is 6.07 Å². The Morgan fingerprint density at radius 2 is 2.08 bits per heavy atom. The second kappa shape index (κ2) is 6.20. The Labute approximate surface area is 146 Å². The van der Waals surface area contributed by atoms with Gasteiger partial charge in [0.2, 0.25) is 0 Å². The number of rotatable bonds is 3. The third kappa shape index (κ3) is 2.73. The average molecular weight is 335 g/mol. The fourth-order valence-corrected chi connectivity index (χ4v) is 3.35. The van der Waals surface area contributed by atoms with Crippen molar-refractivity contribution in [3.05, 3.63) is 72.1 Å². The maximum Gasteiger partial charge on any atom is 0.257 e. The number of carbonyl (C=O) groups is 1. The van der Waals surface area contributed by atoms with E-state index in [0.29, 0.717) is 12.1 Å². The summed E-state index contributed by atoms with van der Waals surface area (Å²) in [5, 5.41) is 4.31. The van der Waals surface area contributed by atoms with Crippen molar-refractivity contribution >= 4 is 5.91 Å². The highest BCUT2D eigenvalue weighted by atomic mass is 16.2. The van der Waals surface area contributed by atoms with E-state index in [2.05, 4.69) is 26.9 Å². The second-order valence-corrected chi connectivity index (χ2v) is 6.58. The molecule has 0 saturated carbocycles. The molecule has 0 aromatic carbocycles. The molecule has 1 atom stereocenters. The first-order chi connectivity index (χ1) is 12.1. The summed E-state index contributed by atoms with van der Waals surface area (Å²) in [7, 11) is 0. The van der Waals surface area contributed by atoms with Crippen LogP contribution in [0.1, 0.15) is 47.7 Å². The molecule has 0 unspecified atom stereocenters. The van der Waals surface area contributed by atoms with E-state index >= 15 is 0 Å². The van der Waals surface area contributed by atoms with Gasteiger partial charge in [0.25, 0.3) is 5.91 Å². The SMILES string of the molecule is CC(C)n1cc(C(=O)N2CCn3cccc3[C@@H]2c2ccccn2)cn1. The summed E-state index contributed by atoms with van der Waals surface area (Å²) in [6, 6.07) is 9.97. The molecule has 1 amide bonds. The minimum absolute atomic E-state index is 0.00463. The molecule has 0 saturated heterocycles. The van der Waals surface area contributed by atoms with Crippen LogP contribution in [0.2, 0.25) is 0 Å². The van der Waals surface area contributed by atoms with Crippen LogP contribution in [-0.2, 0) is 6.54 Å². The molecule has 0 spiro atoms. The molecule has 0 radical (unpaired) electrons. The smallest absolute Gasteiger partial charge is 0.257 e. The van der Waals surface area contributed by atoms with Crippen LogP contribution in [-0.4, -0.2) is 36.7 Å². The lowest BCUT2D eigenvalue weighted by Gasteiger charge is -2.36. The number of nitrogens with zero attached hydrogens (tertiary/aromatic N) is 5. The zero-order valence-corrected chi connectivity index (χ0v) is 14.4. The highest BCUT2D eigenvalue weighted by Gasteiger charge is 2.33. The molecule has 4 heterocycles. The Hall–Kier alpha value is -2.89. The van der Waals surface area contributed by atoms with Gasteiger partial charge in [0, 0.05) is 43.4 Å². The van der Waals surface area contributed by atoms with Crippen LogP contribution in [0.3, 0.4) is 0 Å². The van der Waals surface area contributed by atoms with Crippen LogP contribution in [0.15, 0.2) is 55.1 Å². The largest absolute Gasteiger partial charge is 0.347 e. The highest BCUT2D eigenvalue weighted by molar-refractivity contribution is 5.94. The quantitative estimate of drug-likeness (QED) is 0.739. The predicted octanol–water partition coefficient (Wildman–Crippen LogP) is 2.91. The maximum atomic E-state index is 13.2. The van der Waals surface area contributed by atoms with Crippen LogP contribution < -0.4 is 0 Å². The van der Waals surface area contributed by atoms with E-state index < -0.39 is 0 Å². The molecule has 1 aliphatic rings. The number of carbonyl (C=O) groups excluding carboxylic acids is 1. The Morgan fingerprint density at radius 3 is 2.80 bits per heavy atom. The van der Waals surface area contributed by atoms with Crippen LogP contribution in [0.5, 0.6) is 0 Å². The predicted molar refractivity (Wildman–Crippen MR) is 94.2 cm³/mol. The summed E-state index contributed by atoms with van der Waals surface area (Å²) >= 11 is 0. The summed E-state index contributed by atoms with van der Waals surface area (Å²) in [5.74, 6) is -0.00463. The van der Waals surface area contributed by atoms with E-state index in [9.17, 15) is 4.79 Å². The van der Waals surface area contributed by atoms with Crippen molar-refractivity contribution in [1.82, 2.24) is 24.2 Å². The zero-order valence-electron chi connectivity index (χ0n) is 14.4. The molecule has 6 nitrogen and oxygen atoms in total. The van der Waals surface area contributed by atoms with Crippen LogP contribution in [0, 0.1) is 0 Å². The van der Waals surface area contributed by atoms with Crippen LogP contribution >= 0.6 is 0 Å². The first kappa shape index (κ1) is 15.6. The Balaban J connectivity index is 1.73. The molecule has 25 heavy (non-hydrogen) atoms. The number of pyridine rings is 1. The second-order valence-electron chi connectivity index (χ2n) is 6.58. The number of aromatic nitrogens is 4. The van der Waals surface area contributed by atoms with Gasteiger partial charge >= 0.3 is 0 Å².